The minimum Gasteiger partial charge on any atom is -0.345 e. The van der Waals surface area contributed by atoms with Crippen molar-refractivity contribution in [1.29, 1.82) is 0 Å². The molecule has 2 aliphatic heterocycles. The zero-order valence-electron chi connectivity index (χ0n) is 16.0. The van der Waals surface area contributed by atoms with Gasteiger partial charge in [0, 0.05) is 24.1 Å². The molecule has 1 atom stereocenters. The first kappa shape index (κ1) is 20.4. The predicted molar refractivity (Wildman–Crippen MR) is 122 cm³/mol. The average Bonchev–Trinajstić information content (AvgIpc) is 3.24. The molecule has 0 spiro atoms. The summed E-state index contributed by atoms with van der Waals surface area (Å²) < 4.78 is 0. The fourth-order valence-electron chi connectivity index (χ4n) is 3.68. The van der Waals surface area contributed by atoms with Gasteiger partial charge in [-0.15, -0.1) is 17.0 Å². The minimum atomic E-state index is -0.0544. The molecular weight excluding hydrogens is 414 g/mol. The molecule has 1 fully saturated rings. The molecule has 0 unspecified atom stereocenters. The highest BCUT2D eigenvalue weighted by atomic mass is 79.9. The molecule has 5 heteroatoms. The van der Waals surface area contributed by atoms with Crippen molar-refractivity contribution < 1.29 is 4.79 Å². The monoisotopic (exact) mass is 439 g/mol. The molecule has 4 rings (SSSR count). The van der Waals surface area contributed by atoms with Gasteiger partial charge >= 0.3 is 0 Å². The van der Waals surface area contributed by atoms with Gasteiger partial charge in [-0.2, -0.15) is 0 Å². The molecule has 2 N–H and O–H groups in total. The van der Waals surface area contributed by atoms with E-state index >= 15 is 0 Å². The van der Waals surface area contributed by atoms with E-state index in [1.807, 2.05) is 24.3 Å². The Morgan fingerprint density at radius 1 is 1.14 bits per heavy atom. The second-order valence-electron chi connectivity index (χ2n) is 7.11. The third-order valence-electron chi connectivity index (χ3n) is 5.27. The molecule has 0 aliphatic carbocycles. The highest BCUT2D eigenvalue weighted by Gasteiger charge is 2.21. The van der Waals surface area contributed by atoms with Crippen LogP contribution >= 0.6 is 17.0 Å². The third-order valence-corrected chi connectivity index (χ3v) is 5.27. The standard InChI is InChI=1S/C23H25N3O.BrH/c1-26-20(15-11-18-5-2-3-7-22(18)26)14-10-17-8-12-19(13-9-17)25-23(27)21-6-4-16-24-21;/h2-3,5,7-10,12-15,21,24H,4,6,11,16H2,1H3,(H,25,27);1H/b14-10+;/t21-;/m0./s1. The molecule has 0 radical (unpaired) electrons. The molecule has 0 aromatic heterocycles. The van der Waals surface area contributed by atoms with E-state index in [-0.39, 0.29) is 28.9 Å². The molecule has 28 heavy (non-hydrogen) atoms. The molecule has 2 aliphatic rings. The van der Waals surface area contributed by atoms with Crippen LogP contribution in [0, 0.1) is 0 Å². The summed E-state index contributed by atoms with van der Waals surface area (Å²) in [7, 11) is 2.10. The number of hydrogen-bond acceptors (Lipinski definition) is 3. The molecule has 0 saturated carbocycles. The van der Waals surface area contributed by atoms with Crippen molar-refractivity contribution in [3.05, 3.63) is 77.5 Å². The highest BCUT2D eigenvalue weighted by Crippen LogP contribution is 2.28. The Hall–Kier alpha value is -2.37. The topological polar surface area (TPSA) is 44.4 Å². The van der Waals surface area contributed by atoms with Crippen LogP contribution in [0.5, 0.6) is 0 Å². The van der Waals surface area contributed by atoms with Crippen LogP contribution in [0.3, 0.4) is 0 Å². The van der Waals surface area contributed by atoms with E-state index in [2.05, 4.69) is 65.1 Å². The number of para-hydroxylation sites is 1. The Labute approximate surface area is 177 Å². The van der Waals surface area contributed by atoms with Crippen LogP contribution < -0.4 is 15.5 Å². The number of likely N-dealkylation sites (N-methyl/N-ethyl adjacent to an activating group) is 1. The quantitative estimate of drug-likeness (QED) is 0.734. The van der Waals surface area contributed by atoms with Crippen molar-refractivity contribution in [2.45, 2.75) is 25.3 Å². The lowest BCUT2D eigenvalue weighted by atomic mass is 10.0. The smallest absolute Gasteiger partial charge is 0.241 e. The number of halogens is 1. The number of anilines is 2. The molecule has 2 aromatic carbocycles. The number of nitrogens with zero attached hydrogens (tertiary/aromatic N) is 1. The van der Waals surface area contributed by atoms with Crippen molar-refractivity contribution in [3.63, 3.8) is 0 Å². The number of fused-ring (bicyclic) bond motifs is 1. The lowest BCUT2D eigenvalue weighted by Crippen LogP contribution is -2.35. The van der Waals surface area contributed by atoms with Gasteiger partial charge in [-0.25, -0.2) is 0 Å². The van der Waals surface area contributed by atoms with E-state index in [0.29, 0.717) is 0 Å². The Balaban J connectivity index is 0.00000225. The largest absolute Gasteiger partial charge is 0.345 e. The zero-order chi connectivity index (χ0) is 18.6. The molecular formula is C23H26BrN3O. The van der Waals surface area contributed by atoms with E-state index in [0.717, 1.165) is 37.1 Å². The number of amides is 1. The van der Waals surface area contributed by atoms with E-state index in [1.54, 1.807) is 0 Å². The van der Waals surface area contributed by atoms with Crippen molar-refractivity contribution in [2.75, 3.05) is 23.8 Å². The fourth-order valence-corrected chi connectivity index (χ4v) is 3.68. The van der Waals surface area contributed by atoms with E-state index in [4.69, 9.17) is 0 Å². The number of benzene rings is 2. The second kappa shape index (κ2) is 9.22. The van der Waals surface area contributed by atoms with Crippen molar-refractivity contribution in [3.8, 4) is 0 Å². The fraction of sp³-hybridized carbons (Fsp3) is 0.261. The summed E-state index contributed by atoms with van der Waals surface area (Å²) in [5.41, 5.74) is 5.76. The molecule has 1 amide bonds. The van der Waals surface area contributed by atoms with Crippen LogP contribution in [-0.4, -0.2) is 25.5 Å². The van der Waals surface area contributed by atoms with Crippen LogP contribution in [-0.2, 0) is 11.2 Å². The summed E-state index contributed by atoms with van der Waals surface area (Å²) in [6, 6.07) is 16.4. The Bertz CT molecular complexity index is 883. The van der Waals surface area contributed by atoms with Crippen molar-refractivity contribution in [2.24, 2.45) is 0 Å². The lowest BCUT2D eigenvalue weighted by Gasteiger charge is -2.27. The van der Waals surface area contributed by atoms with Crippen LogP contribution in [0.1, 0.15) is 24.0 Å². The molecule has 4 nitrogen and oxygen atoms in total. The number of allylic oxidation sites excluding steroid dienone is 2. The number of carbonyl (C=O) groups excluding carboxylic acids is 1. The average molecular weight is 440 g/mol. The third kappa shape index (κ3) is 4.54. The zero-order valence-corrected chi connectivity index (χ0v) is 17.7. The normalized spacial score (nSPS) is 18.4. The van der Waals surface area contributed by atoms with E-state index in [9.17, 15) is 4.79 Å². The summed E-state index contributed by atoms with van der Waals surface area (Å²) in [5.74, 6) is 0.0587. The number of nitrogens with one attached hydrogen (secondary N) is 2. The minimum absolute atomic E-state index is 0. The molecule has 0 bridgehead atoms. The van der Waals surface area contributed by atoms with Gasteiger partial charge < -0.3 is 15.5 Å². The molecule has 2 heterocycles. The van der Waals surface area contributed by atoms with Gasteiger partial charge in [0.15, 0.2) is 0 Å². The summed E-state index contributed by atoms with van der Waals surface area (Å²) in [5, 5.41) is 6.21. The van der Waals surface area contributed by atoms with E-state index < -0.39 is 0 Å². The number of hydrogen-bond donors (Lipinski definition) is 2. The number of carbonyl (C=O) groups is 1. The van der Waals surface area contributed by atoms with Gasteiger partial charge in [0.25, 0.3) is 0 Å². The molecule has 2 aromatic rings. The van der Waals surface area contributed by atoms with Gasteiger partial charge in [-0.1, -0.05) is 42.5 Å². The highest BCUT2D eigenvalue weighted by molar-refractivity contribution is 8.93. The maximum atomic E-state index is 12.2. The van der Waals surface area contributed by atoms with Crippen LogP contribution in [0.25, 0.3) is 6.08 Å². The predicted octanol–water partition coefficient (Wildman–Crippen LogP) is 4.54. The first-order chi connectivity index (χ1) is 13.2. The molecule has 146 valence electrons. The van der Waals surface area contributed by atoms with E-state index in [1.165, 1.54) is 16.9 Å². The maximum Gasteiger partial charge on any atom is 0.241 e. The maximum absolute atomic E-state index is 12.2. The van der Waals surface area contributed by atoms with Crippen LogP contribution in [0.4, 0.5) is 11.4 Å². The summed E-state index contributed by atoms with van der Waals surface area (Å²) >= 11 is 0. The molecule has 1 saturated heterocycles. The van der Waals surface area contributed by atoms with Crippen molar-refractivity contribution in [1.82, 2.24) is 5.32 Å². The first-order valence-electron chi connectivity index (χ1n) is 9.55. The summed E-state index contributed by atoms with van der Waals surface area (Å²) in [6.45, 7) is 0.927. The Kier molecular flexibility index (Phi) is 6.70. The second-order valence-corrected chi connectivity index (χ2v) is 7.11. The van der Waals surface area contributed by atoms with Gasteiger partial charge in [-0.3, -0.25) is 4.79 Å². The lowest BCUT2D eigenvalue weighted by molar-refractivity contribution is -0.117. The summed E-state index contributed by atoms with van der Waals surface area (Å²) in [6.07, 6.45) is 9.45. The Morgan fingerprint density at radius 2 is 1.93 bits per heavy atom. The first-order valence-corrected chi connectivity index (χ1v) is 9.55. The van der Waals surface area contributed by atoms with Crippen LogP contribution in [0.15, 0.2) is 66.4 Å². The van der Waals surface area contributed by atoms with Gasteiger partial charge in [0.05, 0.1) is 6.04 Å². The SMILES string of the molecule is Br.CN1C(/C=C/c2ccc(NC(=O)[C@@H]3CCCN3)cc2)=CCc2ccccc21. The summed E-state index contributed by atoms with van der Waals surface area (Å²) in [4.78, 5) is 14.4. The van der Waals surface area contributed by atoms with Crippen molar-refractivity contribution >= 4 is 40.3 Å². The van der Waals surface area contributed by atoms with Gasteiger partial charge in [-0.05, 0) is 61.2 Å². The van der Waals surface area contributed by atoms with Crippen LogP contribution in [0.2, 0.25) is 0 Å². The Morgan fingerprint density at radius 3 is 2.68 bits per heavy atom. The van der Waals surface area contributed by atoms with Gasteiger partial charge in [0.2, 0.25) is 5.91 Å². The van der Waals surface area contributed by atoms with Gasteiger partial charge in [0.1, 0.15) is 0 Å². The number of rotatable bonds is 4.